The molecule has 11 unspecified atom stereocenters. The topological polar surface area (TPSA) is 628 Å². The molecule has 0 fully saturated rings. The molecule has 0 saturated carbocycles. The van der Waals surface area contributed by atoms with Crippen LogP contribution in [0.15, 0.2) is 127 Å². The summed E-state index contributed by atoms with van der Waals surface area (Å²) in [5.74, 6) is -6.48. The SMILES string of the molecule is C.C.C=CC(=O)OCC(O)CCC(COCC(O)COC(=O)C=C)OCC(O)COC(=O)C=C.C=CC(=O)OCC(O)COCC(O)COCC(O)COC(=O)C=C.C=CC(=O)OCC(O)COCCOCC(COCCOCC(O)COC(=O)C=C)OCCOCC(O)COC(=O)C=C.C=COC(=O)CC(O)COCCOCC(O)COC(=O)C=C.O. The smallest absolute Gasteiger partial charge is 0.330 e. The maximum Gasteiger partial charge on any atom is 0.330 e. The van der Waals surface area contributed by atoms with Crippen LogP contribution in [0.4, 0.5) is 0 Å². The van der Waals surface area contributed by atoms with Crippen LogP contribution in [-0.2, 0) is 152 Å². The van der Waals surface area contributed by atoms with Crippen LogP contribution in [0.25, 0.3) is 0 Å². The second kappa shape index (κ2) is 89.4. The highest BCUT2D eigenvalue weighted by molar-refractivity contribution is 5.84. The Morgan fingerprint density at radius 2 is 0.415 bits per heavy atom. The fourth-order valence-electron chi connectivity index (χ4n) is 7.20. The average Bonchev–Trinajstić information content (AvgIpc) is 0.720. The monoisotopic (exact) mass is 1780 g/mol. The molecule has 0 aliphatic heterocycles. The van der Waals surface area contributed by atoms with E-state index in [2.05, 4.69) is 84.7 Å². The summed E-state index contributed by atoms with van der Waals surface area (Å²) in [6, 6.07) is 0. The lowest BCUT2D eigenvalue weighted by atomic mass is 10.1. The van der Waals surface area contributed by atoms with E-state index >= 15 is 0 Å². The Hall–Kier alpha value is -8.86. The molecule has 0 heterocycles. The van der Waals surface area contributed by atoms with Crippen LogP contribution in [0.2, 0.25) is 0 Å². The number of aliphatic hydroxyl groups is 11. The van der Waals surface area contributed by atoms with E-state index in [9.17, 15) is 104 Å². The summed E-state index contributed by atoms with van der Waals surface area (Å²) in [7, 11) is 0. The van der Waals surface area contributed by atoms with Crippen LogP contribution in [0.1, 0.15) is 34.1 Å². The van der Waals surface area contributed by atoms with Crippen molar-refractivity contribution in [1.82, 2.24) is 0 Å². The number of carbonyl (C=O) groups excluding carboxylic acids is 10. The van der Waals surface area contributed by atoms with E-state index in [0.29, 0.717) is 0 Å². The Bertz CT molecular complexity index is 2730. The highest BCUT2D eigenvalue weighted by atomic mass is 16.6. The van der Waals surface area contributed by atoms with Crippen molar-refractivity contribution in [2.75, 3.05) is 205 Å². The van der Waals surface area contributed by atoms with Gasteiger partial charge in [0.1, 0.15) is 121 Å². The van der Waals surface area contributed by atoms with Crippen LogP contribution in [0, 0.1) is 0 Å². The normalized spacial score (nSPS) is 13.6. The summed E-state index contributed by atoms with van der Waals surface area (Å²) in [6.07, 6.45) is -2.14. The number of esters is 10. The second-order valence-electron chi connectivity index (χ2n) is 23.7. The number of ether oxygens (including phenoxy) is 22. The molecule has 0 radical (unpaired) electrons. The Balaban J connectivity index is -0.000000299. The first kappa shape index (κ1) is 127. The molecule has 13 N–H and O–H groups in total. The van der Waals surface area contributed by atoms with Gasteiger partial charge in [-0.25, -0.2) is 43.2 Å². The third-order valence-electron chi connectivity index (χ3n) is 12.9. The molecule has 0 aromatic rings. The minimum absolute atomic E-state index is 0. The minimum Gasteiger partial charge on any atom is -0.460 e. The summed E-state index contributed by atoms with van der Waals surface area (Å²) in [6.45, 7) is 30.7. The molecule has 712 valence electrons. The van der Waals surface area contributed by atoms with Crippen molar-refractivity contribution >= 4 is 59.7 Å². The molecule has 0 aromatic heterocycles. The van der Waals surface area contributed by atoms with Crippen molar-refractivity contribution in [3.8, 4) is 0 Å². The maximum absolute atomic E-state index is 11.1. The summed E-state index contributed by atoms with van der Waals surface area (Å²) in [5.41, 5.74) is 0. The minimum atomic E-state index is -1.11. The van der Waals surface area contributed by atoms with Gasteiger partial charge < -0.3 is 166 Å². The zero-order valence-electron chi connectivity index (χ0n) is 67.9. The van der Waals surface area contributed by atoms with Gasteiger partial charge in [-0.15, -0.1) is 0 Å². The van der Waals surface area contributed by atoms with Crippen LogP contribution in [-0.4, -0.2) is 406 Å². The molecule has 0 rings (SSSR count). The van der Waals surface area contributed by atoms with Crippen LogP contribution in [0.5, 0.6) is 0 Å². The summed E-state index contributed by atoms with van der Waals surface area (Å²) < 4.78 is 111. The standard InChI is InChI=1S/C27H44O15.C21H32O11.C15H24O9.C14H22O8.2CH4.H2O/c1-4-25(31)40-16-21(28)13-34-7-9-37-19-24(39-12-11-36-15-23(30)18-42-27(33)6-3)20-38-10-8-35-14-22(29)17-41-26(32)5-2;1-4-19(25)30-10-15(22)7-8-18(29-11-17(24)13-32-21(27)6-3)14-28-9-16(23)12-31-20(26)5-2;1-3-14(19)23-9-12(17)7-21-5-11(16)6-22-8-13(18)10-24-15(20)4-2;1-3-13(17)22-10-12(16)9-20-6-5-19-8-11(15)7-14(18)21-4-2;;;/h4-6,21-24,28-30H,1-3,7-20H2;4-6,15-18,22-24H,1-3,7-14H2;3-4,11-13,16-18H,1-2,5-10H2;3-4,11-12,15-16H,1-2,5-10H2;2*1H4;1H2. The predicted octanol–water partition coefficient (Wildman–Crippen LogP) is -3.28. The molecule has 0 aromatic carbocycles. The Kier molecular flexibility index (Phi) is 92.5. The average molecular weight is 1790 g/mol. The van der Waals surface area contributed by atoms with E-state index < -0.39 is 139 Å². The number of aliphatic hydroxyl groups excluding tert-OH is 11. The first-order valence-corrected chi connectivity index (χ1v) is 36.7. The molecule has 0 saturated heterocycles. The van der Waals surface area contributed by atoms with Gasteiger partial charge in [0.2, 0.25) is 0 Å². The number of hydrogen-bond donors (Lipinski definition) is 11. The summed E-state index contributed by atoms with van der Waals surface area (Å²) >= 11 is 0. The fraction of sp³-hybridized carbons (Fsp3) is 0.620. The van der Waals surface area contributed by atoms with Gasteiger partial charge >= 0.3 is 59.7 Å². The van der Waals surface area contributed by atoms with Gasteiger partial charge in [0.05, 0.1) is 176 Å². The highest BCUT2D eigenvalue weighted by Crippen LogP contribution is 2.10. The predicted molar refractivity (Wildman–Crippen MR) is 431 cm³/mol. The Morgan fingerprint density at radius 3 is 0.667 bits per heavy atom. The molecule has 44 heteroatoms. The zero-order valence-corrected chi connectivity index (χ0v) is 67.9. The molecule has 0 bridgehead atoms. The first-order valence-electron chi connectivity index (χ1n) is 36.7. The van der Waals surface area contributed by atoms with Gasteiger partial charge in [-0.3, -0.25) is 4.79 Å². The van der Waals surface area contributed by atoms with Gasteiger partial charge in [-0.1, -0.05) is 80.6 Å². The van der Waals surface area contributed by atoms with Crippen LogP contribution < -0.4 is 0 Å². The number of carbonyl (C=O) groups is 10. The van der Waals surface area contributed by atoms with Crippen molar-refractivity contribution in [3.63, 3.8) is 0 Å². The highest BCUT2D eigenvalue weighted by Gasteiger charge is 2.21. The molecule has 0 spiro atoms. The van der Waals surface area contributed by atoms with E-state index in [0.717, 1.165) is 60.9 Å². The largest absolute Gasteiger partial charge is 0.460 e. The van der Waals surface area contributed by atoms with Crippen LogP contribution in [0.3, 0.4) is 0 Å². The van der Waals surface area contributed by atoms with Gasteiger partial charge in [0.25, 0.3) is 0 Å². The Morgan fingerprint density at radius 1 is 0.220 bits per heavy atom. The van der Waals surface area contributed by atoms with Gasteiger partial charge in [0, 0.05) is 54.7 Å². The molecule has 11 atom stereocenters. The molecule has 44 nitrogen and oxygen atoms in total. The van der Waals surface area contributed by atoms with E-state index in [4.69, 9.17) is 85.3 Å². The number of rotatable bonds is 75. The quantitative estimate of drug-likeness (QED) is 0.00935. The van der Waals surface area contributed by atoms with Crippen molar-refractivity contribution in [2.24, 2.45) is 0 Å². The lowest BCUT2D eigenvalue weighted by molar-refractivity contribution is -0.145. The molecule has 0 aliphatic carbocycles. The molecular weight excluding hydrogens is 1650 g/mol. The lowest BCUT2D eigenvalue weighted by Gasteiger charge is -2.22. The van der Waals surface area contributed by atoms with Gasteiger partial charge in [0.15, 0.2) is 0 Å². The Labute approximate surface area is 716 Å². The van der Waals surface area contributed by atoms with Crippen molar-refractivity contribution < 1.29 is 214 Å². The molecular formula is C79H132O44. The lowest BCUT2D eigenvalue weighted by Crippen LogP contribution is -2.31. The van der Waals surface area contributed by atoms with Gasteiger partial charge in [-0.2, -0.15) is 0 Å². The van der Waals surface area contributed by atoms with Gasteiger partial charge in [-0.05, 0) is 12.8 Å². The molecule has 123 heavy (non-hydrogen) atoms. The molecule has 0 amide bonds. The van der Waals surface area contributed by atoms with E-state index in [1.807, 2.05) is 0 Å². The van der Waals surface area contributed by atoms with E-state index in [1.165, 1.54) is 0 Å². The van der Waals surface area contributed by atoms with Crippen LogP contribution >= 0.6 is 0 Å². The van der Waals surface area contributed by atoms with Crippen molar-refractivity contribution in [1.29, 1.82) is 0 Å². The fourth-order valence-corrected chi connectivity index (χ4v) is 7.20. The summed E-state index contributed by atoms with van der Waals surface area (Å²) in [4.78, 5) is 109. The third kappa shape index (κ3) is 90.7. The van der Waals surface area contributed by atoms with E-state index in [1.54, 1.807) is 0 Å². The third-order valence-corrected chi connectivity index (χ3v) is 12.9. The number of hydrogen-bond acceptors (Lipinski definition) is 43. The summed E-state index contributed by atoms with van der Waals surface area (Å²) in [5, 5.41) is 106. The van der Waals surface area contributed by atoms with Crippen molar-refractivity contribution in [3.05, 3.63) is 127 Å². The first-order chi connectivity index (χ1) is 57.3. The maximum atomic E-state index is 11.1. The molecule has 0 aliphatic rings. The van der Waals surface area contributed by atoms with E-state index in [-0.39, 0.29) is 244 Å². The van der Waals surface area contributed by atoms with Crippen molar-refractivity contribution in [2.45, 2.75) is 113 Å². The zero-order chi connectivity index (χ0) is 90.9. The second-order valence-corrected chi connectivity index (χ2v) is 23.7.